The Balaban J connectivity index is 0.000000980. The molecule has 3 nitrogen and oxygen atoms in total. The van der Waals surface area contributed by atoms with E-state index in [4.69, 9.17) is 5.11 Å². The number of nitrogens with zero attached hydrogens (tertiary/aromatic N) is 1. The van der Waals surface area contributed by atoms with Crippen LogP contribution in [-0.4, -0.2) is 16.1 Å². The van der Waals surface area contributed by atoms with Gasteiger partial charge < -0.3 is 6.53 Å². The van der Waals surface area contributed by atoms with E-state index in [0.717, 1.165) is 14.7 Å². The Morgan fingerprint density at radius 3 is 2.93 bits per heavy atom. The molecule has 0 unspecified atom stereocenters. The zero-order valence-electron chi connectivity index (χ0n) is 8.32. The molecular weight excluding hydrogens is 277 g/mol. The molecule has 0 atom stereocenters. The Bertz CT molecular complexity index is 490. The molecule has 0 fully saturated rings. The quantitative estimate of drug-likeness (QED) is 0.742. The van der Waals surface area contributed by atoms with Crippen LogP contribution in [0.1, 0.15) is 11.2 Å². The maximum absolute atomic E-state index is 10.6. The van der Waals surface area contributed by atoms with Gasteiger partial charge in [0.05, 0.1) is 10.2 Å². The van der Waals surface area contributed by atoms with E-state index in [2.05, 4.69) is 20.9 Å². The van der Waals surface area contributed by atoms with Crippen LogP contribution in [-0.2, 0) is 0 Å². The Morgan fingerprint density at radius 1 is 1.57 bits per heavy atom. The monoisotopic (exact) mass is 281 g/mol. The molecule has 68 valence electrons. The first-order valence-electron chi connectivity index (χ1n) is 3.46. The summed E-state index contributed by atoms with van der Waals surface area (Å²) in [5, 5.41) is 8.82. The van der Waals surface area contributed by atoms with E-state index in [1.54, 1.807) is 6.07 Å². The van der Waals surface area contributed by atoms with Crippen molar-refractivity contribution in [2.45, 2.75) is 0 Å². The van der Waals surface area contributed by atoms with E-state index in [-0.39, 0.29) is 36.0 Å². The van der Waals surface area contributed by atoms with Gasteiger partial charge in [-0.15, -0.1) is 11.3 Å². The summed E-state index contributed by atoms with van der Waals surface area (Å²) in [7, 11) is 0. The molecule has 0 bridgehead atoms. The maximum atomic E-state index is 10.6. The Kier molecular flexibility index (Phi) is 4.09. The summed E-state index contributed by atoms with van der Waals surface area (Å²) in [6, 6.07) is 5.50. The van der Waals surface area contributed by atoms with Crippen LogP contribution in [0, 0.1) is 0 Å². The van der Waals surface area contributed by atoms with Crippen molar-refractivity contribution in [1.29, 1.82) is 0 Å². The first-order chi connectivity index (χ1) is 6.16. The van der Waals surface area contributed by atoms with Crippen LogP contribution in [0.25, 0.3) is 10.2 Å². The number of fused-ring (bicyclic) bond motifs is 1. The van der Waals surface area contributed by atoms with Gasteiger partial charge in [0, 0.05) is 4.47 Å². The molecular formula is C8H5BrNNaO2S. The third-order valence-corrected chi connectivity index (χ3v) is 3.03. The van der Waals surface area contributed by atoms with E-state index < -0.39 is 5.97 Å². The van der Waals surface area contributed by atoms with Gasteiger partial charge >= 0.3 is 35.5 Å². The third kappa shape index (κ3) is 2.35. The van der Waals surface area contributed by atoms with Crippen molar-refractivity contribution in [3.05, 3.63) is 27.7 Å². The van der Waals surface area contributed by atoms with Crippen LogP contribution >= 0.6 is 27.3 Å². The van der Waals surface area contributed by atoms with Gasteiger partial charge in [-0.3, -0.25) is 0 Å². The number of thiazole rings is 1. The SMILES string of the molecule is O=C(O)c1nc2ccc(Br)cc2s1.[H-].[Na+]. The predicted molar refractivity (Wildman–Crippen MR) is 55.4 cm³/mol. The van der Waals surface area contributed by atoms with Crippen LogP contribution in [0.3, 0.4) is 0 Å². The summed E-state index contributed by atoms with van der Waals surface area (Å²) in [6.45, 7) is 0. The van der Waals surface area contributed by atoms with Gasteiger partial charge in [-0.1, -0.05) is 15.9 Å². The molecule has 2 rings (SSSR count). The molecule has 6 heteroatoms. The Hall–Kier alpha value is 0.0600. The standard InChI is InChI=1S/C8H4BrNO2S.Na.H/c9-4-1-2-5-6(3-4)13-7(10-5)8(11)12;;/h1-3H,(H,11,12);;/q;+1;-1. The van der Waals surface area contributed by atoms with Crippen LogP contribution in [0.4, 0.5) is 0 Å². The summed E-state index contributed by atoms with van der Waals surface area (Å²) < 4.78 is 1.81. The van der Waals surface area contributed by atoms with Crippen LogP contribution in [0.5, 0.6) is 0 Å². The predicted octanol–water partition coefficient (Wildman–Crippen LogP) is -0.127. The number of carboxylic acid groups (broad SMARTS) is 1. The number of halogens is 1. The van der Waals surface area contributed by atoms with Crippen molar-refractivity contribution in [3.63, 3.8) is 0 Å². The second kappa shape index (κ2) is 4.72. The summed E-state index contributed by atoms with van der Waals surface area (Å²) in [5.74, 6) is -0.975. The van der Waals surface area contributed by atoms with Gasteiger partial charge in [-0.25, -0.2) is 9.78 Å². The summed E-state index contributed by atoms with van der Waals surface area (Å²) in [4.78, 5) is 14.5. The van der Waals surface area contributed by atoms with Crippen LogP contribution in [0.15, 0.2) is 22.7 Å². The number of aromatic carboxylic acids is 1. The van der Waals surface area contributed by atoms with Gasteiger partial charge in [-0.2, -0.15) is 0 Å². The van der Waals surface area contributed by atoms with Crippen molar-refractivity contribution >= 4 is 43.5 Å². The minimum atomic E-state index is -0.975. The molecule has 0 radical (unpaired) electrons. The largest absolute Gasteiger partial charge is 1.00 e. The number of benzene rings is 1. The number of hydrogen-bond acceptors (Lipinski definition) is 3. The number of hydrogen-bond donors (Lipinski definition) is 1. The Labute approximate surface area is 116 Å². The summed E-state index contributed by atoms with van der Waals surface area (Å²) in [5.41, 5.74) is 0.727. The van der Waals surface area contributed by atoms with Crippen LogP contribution < -0.4 is 29.6 Å². The normalized spacial score (nSPS) is 9.79. The van der Waals surface area contributed by atoms with E-state index in [1.165, 1.54) is 11.3 Å². The topological polar surface area (TPSA) is 50.2 Å². The third-order valence-electron chi connectivity index (χ3n) is 1.53. The summed E-state index contributed by atoms with van der Waals surface area (Å²) >= 11 is 4.49. The first kappa shape index (κ1) is 12.1. The van der Waals surface area contributed by atoms with E-state index in [1.807, 2.05) is 12.1 Å². The minimum Gasteiger partial charge on any atom is -1.00 e. The molecule has 0 aliphatic heterocycles. The zero-order valence-corrected chi connectivity index (χ0v) is 11.7. The average molecular weight is 282 g/mol. The van der Waals surface area contributed by atoms with Crippen molar-refractivity contribution in [3.8, 4) is 0 Å². The molecule has 0 saturated carbocycles. The number of rotatable bonds is 1. The maximum Gasteiger partial charge on any atom is 1.00 e. The second-order valence-corrected chi connectivity index (χ2v) is 4.38. The van der Waals surface area contributed by atoms with E-state index in [9.17, 15) is 4.79 Å². The van der Waals surface area contributed by atoms with Gasteiger partial charge in [-0.05, 0) is 18.2 Å². The van der Waals surface area contributed by atoms with Crippen molar-refractivity contribution in [2.75, 3.05) is 0 Å². The van der Waals surface area contributed by atoms with E-state index in [0.29, 0.717) is 0 Å². The van der Waals surface area contributed by atoms with Gasteiger partial charge in [0.1, 0.15) is 0 Å². The molecule has 1 aromatic heterocycles. The Morgan fingerprint density at radius 2 is 2.29 bits per heavy atom. The van der Waals surface area contributed by atoms with Crippen molar-refractivity contribution in [1.82, 2.24) is 4.98 Å². The van der Waals surface area contributed by atoms with E-state index >= 15 is 0 Å². The molecule has 0 saturated heterocycles. The number of aromatic nitrogens is 1. The van der Waals surface area contributed by atoms with Crippen LogP contribution in [0.2, 0.25) is 0 Å². The molecule has 1 heterocycles. The van der Waals surface area contributed by atoms with Gasteiger partial charge in [0.15, 0.2) is 0 Å². The number of carbonyl (C=O) groups is 1. The van der Waals surface area contributed by atoms with Crippen molar-refractivity contribution < 1.29 is 40.9 Å². The fourth-order valence-corrected chi connectivity index (χ4v) is 2.35. The summed E-state index contributed by atoms with van der Waals surface area (Å²) in [6.07, 6.45) is 0. The average Bonchev–Trinajstić information content (AvgIpc) is 2.46. The number of carboxylic acids is 1. The molecule has 1 N–H and O–H groups in total. The smallest absolute Gasteiger partial charge is 1.00 e. The van der Waals surface area contributed by atoms with Gasteiger partial charge in [0.2, 0.25) is 5.01 Å². The second-order valence-electron chi connectivity index (χ2n) is 2.44. The fourth-order valence-electron chi connectivity index (χ4n) is 0.990. The molecule has 0 amide bonds. The molecule has 2 aromatic rings. The first-order valence-corrected chi connectivity index (χ1v) is 5.07. The zero-order chi connectivity index (χ0) is 9.42. The molecule has 14 heavy (non-hydrogen) atoms. The molecule has 0 aliphatic rings. The van der Waals surface area contributed by atoms with Gasteiger partial charge in [0.25, 0.3) is 0 Å². The fraction of sp³-hybridized carbons (Fsp3) is 0. The molecule has 0 aliphatic carbocycles. The minimum absolute atomic E-state index is 0. The molecule has 0 spiro atoms. The molecule has 1 aromatic carbocycles. The van der Waals surface area contributed by atoms with Crippen molar-refractivity contribution in [2.24, 2.45) is 0 Å².